The molecule has 0 saturated carbocycles. The highest BCUT2D eigenvalue weighted by molar-refractivity contribution is 5.85. The zero-order valence-corrected chi connectivity index (χ0v) is 7.31. The minimum atomic E-state index is 0. The number of hydrogen-bond donors (Lipinski definition) is 1. The molecule has 0 fully saturated rings. The summed E-state index contributed by atoms with van der Waals surface area (Å²) in [7, 11) is 3.42. The summed E-state index contributed by atoms with van der Waals surface area (Å²) in [5.41, 5.74) is 0. The Morgan fingerprint density at radius 1 is 1.45 bits per heavy atom. The van der Waals surface area contributed by atoms with Crippen molar-refractivity contribution in [1.29, 1.82) is 0 Å². The Morgan fingerprint density at radius 2 is 2.18 bits per heavy atom. The second-order valence-corrected chi connectivity index (χ2v) is 1.82. The highest BCUT2D eigenvalue weighted by Gasteiger charge is 1.91. The Kier molecular flexibility index (Phi) is 4.38. The van der Waals surface area contributed by atoms with E-state index in [0.717, 1.165) is 5.82 Å². The summed E-state index contributed by atoms with van der Waals surface area (Å²) in [5, 5.41) is 2.91. The molecule has 0 aliphatic rings. The standard InChI is InChI=1S/C7H10N2O.ClH/c1-8-6-4-3-5-7(9-6)10-2;/h3-5H,1-2H3,(H,8,9);1H. The first-order chi connectivity index (χ1) is 4.86. The van der Waals surface area contributed by atoms with Crippen molar-refractivity contribution in [3.8, 4) is 5.88 Å². The summed E-state index contributed by atoms with van der Waals surface area (Å²) in [6.45, 7) is 0. The first kappa shape index (κ1) is 10.0. The molecule has 1 N–H and O–H groups in total. The highest BCUT2D eigenvalue weighted by atomic mass is 35.5. The molecule has 0 aromatic carbocycles. The fourth-order valence-corrected chi connectivity index (χ4v) is 0.668. The fraction of sp³-hybridized carbons (Fsp3) is 0.286. The van der Waals surface area contributed by atoms with E-state index >= 15 is 0 Å². The van der Waals surface area contributed by atoms with E-state index in [2.05, 4.69) is 10.3 Å². The Hall–Kier alpha value is -0.960. The summed E-state index contributed by atoms with van der Waals surface area (Å²) in [6, 6.07) is 5.57. The van der Waals surface area contributed by atoms with E-state index in [1.165, 1.54) is 0 Å². The van der Waals surface area contributed by atoms with Gasteiger partial charge >= 0.3 is 0 Å². The van der Waals surface area contributed by atoms with E-state index in [9.17, 15) is 0 Å². The Balaban J connectivity index is 0.000001000. The van der Waals surface area contributed by atoms with Gasteiger partial charge in [-0.3, -0.25) is 0 Å². The van der Waals surface area contributed by atoms with Gasteiger partial charge in [-0.25, -0.2) is 0 Å². The zero-order chi connectivity index (χ0) is 7.40. The molecule has 0 radical (unpaired) electrons. The van der Waals surface area contributed by atoms with Gasteiger partial charge in [-0.15, -0.1) is 12.4 Å². The molecule has 11 heavy (non-hydrogen) atoms. The lowest BCUT2D eigenvalue weighted by Gasteiger charge is -2.00. The van der Waals surface area contributed by atoms with Crippen molar-refractivity contribution in [2.45, 2.75) is 0 Å². The molecule has 0 atom stereocenters. The first-order valence-electron chi connectivity index (χ1n) is 3.05. The molecular formula is C7H11ClN2O. The molecule has 1 aromatic heterocycles. The Labute approximate surface area is 72.2 Å². The first-order valence-corrected chi connectivity index (χ1v) is 3.05. The molecule has 1 aromatic rings. The van der Waals surface area contributed by atoms with E-state index in [0.29, 0.717) is 5.88 Å². The number of rotatable bonds is 2. The van der Waals surface area contributed by atoms with Crippen molar-refractivity contribution in [1.82, 2.24) is 4.98 Å². The van der Waals surface area contributed by atoms with E-state index in [-0.39, 0.29) is 12.4 Å². The molecule has 0 bridgehead atoms. The van der Waals surface area contributed by atoms with Gasteiger partial charge in [-0.2, -0.15) is 4.98 Å². The van der Waals surface area contributed by atoms with Crippen LogP contribution in [-0.4, -0.2) is 19.1 Å². The fourth-order valence-electron chi connectivity index (χ4n) is 0.668. The van der Waals surface area contributed by atoms with Gasteiger partial charge in [0.25, 0.3) is 0 Å². The molecule has 62 valence electrons. The number of nitrogens with one attached hydrogen (secondary N) is 1. The van der Waals surface area contributed by atoms with Gasteiger partial charge in [0, 0.05) is 13.1 Å². The second-order valence-electron chi connectivity index (χ2n) is 1.82. The van der Waals surface area contributed by atoms with Crippen LogP contribution >= 0.6 is 12.4 Å². The maximum atomic E-state index is 4.91. The van der Waals surface area contributed by atoms with E-state index in [1.807, 2.05) is 19.2 Å². The van der Waals surface area contributed by atoms with Crippen molar-refractivity contribution in [2.24, 2.45) is 0 Å². The Bertz CT molecular complexity index is 198. The van der Waals surface area contributed by atoms with Crippen LogP contribution < -0.4 is 10.1 Å². The smallest absolute Gasteiger partial charge is 0.214 e. The minimum Gasteiger partial charge on any atom is -0.481 e. The summed E-state index contributed by atoms with van der Waals surface area (Å²) in [6.07, 6.45) is 0. The third-order valence-corrected chi connectivity index (χ3v) is 1.19. The van der Waals surface area contributed by atoms with Gasteiger partial charge in [0.2, 0.25) is 5.88 Å². The molecule has 0 aliphatic heterocycles. The molecule has 0 saturated heterocycles. The summed E-state index contributed by atoms with van der Waals surface area (Å²) in [5.74, 6) is 1.45. The van der Waals surface area contributed by atoms with Gasteiger partial charge in [0.05, 0.1) is 7.11 Å². The van der Waals surface area contributed by atoms with E-state index in [1.54, 1.807) is 13.2 Å². The SMILES string of the molecule is CNc1cccc(OC)n1.Cl. The molecule has 0 amide bonds. The topological polar surface area (TPSA) is 34.1 Å². The summed E-state index contributed by atoms with van der Waals surface area (Å²) < 4.78 is 4.91. The van der Waals surface area contributed by atoms with Crippen LogP contribution in [0, 0.1) is 0 Å². The number of methoxy groups -OCH3 is 1. The molecule has 3 nitrogen and oxygen atoms in total. The molecule has 1 heterocycles. The Morgan fingerprint density at radius 3 is 2.73 bits per heavy atom. The van der Waals surface area contributed by atoms with Gasteiger partial charge in [-0.1, -0.05) is 6.07 Å². The molecular weight excluding hydrogens is 164 g/mol. The van der Waals surface area contributed by atoms with Crippen LogP contribution in [0.1, 0.15) is 0 Å². The summed E-state index contributed by atoms with van der Waals surface area (Å²) in [4.78, 5) is 4.08. The predicted molar refractivity (Wildman–Crippen MR) is 47.6 cm³/mol. The molecule has 0 spiro atoms. The van der Waals surface area contributed by atoms with Crippen LogP contribution in [0.5, 0.6) is 5.88 Å². The lowest BCUT2D eigenvalue weighted by molar-refractivity contribution is 0.398. The molecule has 0 unspecified atom stereocenters. The third-order valence-electron chi connectivity index (χ3n) is 1.19. The predicted octanol–water partition coefficient (Wildman–Crippen LogP) is 1.55. The van der Waals surface area contributed by atoms with Gasteiger partial charge in [0.1, 0.15) is 5.82 Å². The van der Waals surface area contributed by atoms with Crippen LogP contribution in [0.2, 0.25) is 0 Å². The van der Waals surface area contributed by atoms with Crippen LogP contribution in [0.25, 0.3) is 0 Å². The third kappa shape index (κ3) is 2.63. The van der Waals surface area contributed by atoms with Crippen molar-refractivity contribution < 1.29 is 4.74 Å². The number of anilines is 1. The molecule has 1 rings (SSSR count). The van der Waals surface area contributed by atoms with Crippen molar-refractivity contribution in [3.05, 3.63) is 18.2 Å². The molecule has 4 heteroatoms. The number of pyridine rings is 1. The average molecular weight is 175 g/mol. The van der Waals surface area contributed by atoms with Crippen molar-refractivity contribution in [3.63, 3.8) is 0 Å². The lowest BCUT2D eigenvalue weighted by atomic mass is 10.4. The number of aromatic nitrogens is 1. The second kappa shape index (κ2) is 4.79. The monoisotopic (exact) mass is 174 g/mol. The number of hydrogen-bond acceptors (Lipinski definition) is 3. The van der Waals surface area contributed by atoms with Gasteiger partial charge in [0.15, 0.2) is 0 Å². The van der Waals surface area contributed by atoms with Crippen LogP contribution in [-0.2, 0) is 0 Å². The van der Waals surface area contributed by atoms with Crippen LogP contribution in [0.4, 0.5) is 5.82 Å². The average Bonchev–Trinajstić information content (AvgIpc) is 2.05. The number of halogens is 1. The lowest BCUT2D eigenvalue weighted by Crippen LogP contribution is -1.93. The van der Waals surface area contributed by atoms with E-state index in [4.69, 9.17) is 4.74 Å². The quantitative estimate of drug-likeness (QED) is 0.739. The van der Waals surface area contributed by atoms with E-state index < -0.39 is 0 Å². The number of ether oxygens (including phenoxy) is 1. The largest absolute Gasteiger partial charge is 0.481 e. The summed E-state index contributed by atoms with van der Waals surface area (Å²) >= 11 is 0. The van der Waals surface area contributed by atoms with Crippen molar-refractivity contribution >= 4 is 18.2 Å². The van der Waals surface area contributed by atoms with Crippen LogP contribution in [0.15, 0.2) is 18.2 Å². The van der Waals surface area contributed by atoms with Crippen molar-refractivity contribution in [2.75, 3.05) is 19.5 Å². The van der Waals surface area contributed by atoms with Gasteiger partial charge < -0.3 is 10.1 Å². The minimum absolute atomic E-state index is 0. The van der Waals surface area contributed by atoms with Crippen LogP contribution in [0.3, 0.4) is 0 Å². The normalized spacial score (nSPS) is 8.18. The van der Waals surface area contributed by atoms with Gasteiger partial charge in [-0.05, 0) is 6.07 Å². The maximum absolute atomic E-state index is 4.91. The highest BCUT2D eigenvalue weighted by Crippen LogP contribution is 2.08. The maximum Gasteiger partial charge on any atom is 0.214 e. The zero-order valence-electron chi connectivity index (χ0n) is 6.50. The molecule has 0 aliphatic carbocycles. The number of nitrogens with zero attached hydrogens (tertiary/aromatic N) is 1.